The lowest BCUT2D eigenvalue weighted by Crippen LogP contribution is -2.56. The number of piperidine rings is 1. The molecule has 1 fully saturated rings. The predicted octanol–water partition coefficient (Wildman–Crippen LogP) is 3.95. The van der Waals surface area contributed by atoms with Crippen LogP contribution in [0.2, 0.25) is 0 Å². The van der Waals surface area contributed by atoms with E-state index in [1.165, 1.54) is 36.3 Å². The van der Waals surface area contributed by atoms with E-state index in [2.05, 4.69) is 62.9 Å². The quantitative estimate of drug-likeness (QED) is 0.523. The molecule has 0 amide bonds. The molecule has 0 spiro atoms. The lowest BCUT2D eigenvalue weighted by Gasteiger charge is -2.48. The second kappa shape index (κ2) is 10.1. The second-order valence-corrected chi connectivity index (χ2v) is 10.6. The van der Waals surface area contributed by atoms with Crippen molar-refractivity contribution in [1.29, 1.82) is 0 Å². The van der Waals surface area contributed by atoms with E-state index in [0.29, 0.717) is 5.69 Å². The summed E-state index contributed by atoms with van der Waals surface area (Å²) < 4.78 is 42.7. The Bertz CT molecular complexity index is 1210. The fourth-order valence-corrected chi connectivity index (χ4v) is 5.66. The Balaban J connectivity index is 1.52. The van der Waals surface area contributed by atoms with Gasteiger partial charge in [-0.1, -0.05) is 30.3 Å². The summed E-state index contributed by atoms with van der Waals surface area (Å²) in [6, 6.07) is 16.2. The van der Waals surface area contributed by atoms with Crippen LogP contribution in [0.3, 0.4) is 0 Å². The fourth-order valence-electron chi connectivity index (χ4n) is 4.60. The van der Waals surface area contributed by atoms with Crippen molar-refractivity contribution >= 4 is 21.5 Å². The molecule has 0 bridgehead atoms. The lowest BCUT2D eigenvalue weighted by molar-refractivity contribution is 0.116. The Kier molecular flexibility index (Phi) is 7.13. The average Bonchev–Trinajstić information content (AvgIpc) is 2.83. The number of hydrogen-bond donors (Lipinski definition) is 1. The molecule has 4 rings (SSSR count). The molecule has 0 saturated carbocycles. The van der Waals surface area contributed by atoms with Crippen molar-refractivity contribution < 1.29 is 12.8 Å². The summed E-state index contributed by atoms with van der Waals surface area (Å²) in [6.45, 7) is 1.54. The molecule has 1 N–H and O–H groups in total. The van der Waals surface area contributed by atoms with E-state index < -0.39 is 20.7 Å². The number of nitrogens with one attached hydrogen (secondary N) is 1. The number of halogens is 1. The van der Waals surface area contributed by atoms with Crippen LogP contribution in [0.25, 0.3) is 0 Å². The van der Waals surface area contributed by atoms with Crippen LogP contribution >= 0.6 is 0 Å². The second-order valence-electron chi connectivity index (χ2n) is 8.94. The van der Waals surface area contributed by atoms with Gasteiger partial charge in [0, 0.05) is 30.5 Å². The summed E-state index contributed by atoms with van der Waals surface area (Å²) >= 11 is 0. The minimum absolute atomic E-state index is 0.0517. The van der Waals surface area contributed by atoms with Crippen LogP contribution in [0.1, 0.15) is 24.8 Å². The highest BCUT2D eigenvalue weighted by atomic mass is 32.2. The van der Waals surface area contributed by atoms with Gasteiger partial charge in [0.15, 0.2) is 0 Å². The summed E-state index contributed by atoms with van der Waals surface area (Å²) in [5.74, 6) is -0.701. The van der Waals surface area contributed by atoms with E-state index in [4.69, 9.17) is 0 Å². The van der Waals surface area contributed by atoms with Crippen LogP contribution in [0.15, 0.2) is 72.0 Å². The number of likely N-dealkylation sites (N-methyl/N-ethyl adjacent to an activating group) is 1. The predicted molar refractivity (Wildman–Crippen MR) is 132 cm³/mol. The van der Waals surface area contributed by atoms with E-state index in [9.17, 15) is 8.42 Å². The first-order valence-corrected chi connectivity index (χ1v) is 12.8. The van der Waals surface area contributed by atoms with Crippen LogP contribution in [0, 0.1) is 5.82 Å². The highest BCUT2D eigenvalue weighted by Gasteiger charge is 2.37. The third kappa shape index (κ3) is 5.37. The van der Waals surface area contributed by atoms with E-state index in [-0.39, 0.29) is 11.4 Å². The average molecular weight is 484 g/mol. The Labute approximate surface area is 200 Å². The zero-order valence-corrected chi connectivity index (χ0v) is 20.3. The van der Waals surface area contributed by atoms with Crippen molar-refractivity contribution in [3.05, 3.63) is 78.5 Å². The SMILES string of the molecule is CN(C)[C@@]1(CCc2ccccc2)CCCN(c2ccc(S(=O)(=O)Nc3ccncn3)c(F)c2)C1. The van der Waals surface area contributed by atoms with E-state index in [0.717, 1.165) is 38.8 Å². The largest absolute Gasteiger partial charge is 0.370 e. The van der Waals surface area contributed by atoms with Crippen molar-refractivity contribution in [1.82, 2.24) is 14.9 Å². The van der Waals surface area contributed by atoms with E-state index in [1.54, 1.807) is 6.07 Å². The molecular formula is C25H30FN5O2S. The molecule has 9 heteroatoms. The Morgan fingerprint density at radius 1 is 1.15 bits per heavy atom. The Hall–Kier alpha value is -3.04. The molecule has 2 heterocycles. The zero-order valence-electron chi connectivity index (χ0n) is 19.5. The molecule has 1 aliphatic rings. The summed E-state index contributed by atoms with van der Waals surface area (Å²) in [7, 11) is 0.0925. The molecule has 34 heavy (non-hydrogen) atoms. The third-order valence-corrected chi connectivity index (χ3v) is 8.00. The number of nitrogens with zero attached hydrogens (tertiary/aromatic N) is 4. The third-order valence-electron chi connectivity index (χ3n) is 6.62. The summed E-state index contributed by atoms with van der Waals surface area (Å²) in [5, 5.41) is 0. The molecule has 1 atom stereocenters. The molecular weight excluding hydrogens is 453 g/mol. The first-order chi connectivity index (χ1) is 16.3. The minimum Gasteiger partial charge on any atom is -0.370 e. The number of hydrogen-bond acceptors (Lipinski definition) is 6. The molecule has 0 radical (unpaired) electrons. The van der Waals surface area contributed by atoms with Crippen LogP contribution in [0.5, 0.6) is 0 Å². The Morgan fingerprint density at radius 3 is 2.62 bits per heavy atom. The lowest BCUT2D eigenvalue weighted by atomic mass is 9.82. The van der Waals surface area contributed by atoms with Gasteiger partial charge in [-0.2, -0.15) is 0 Å². The standard InChI is InChI=1S/C25H30FN5O2S/c1-30(2)25(14-11-20-7-4-3-5-8-20)13-6-16-31(18-25)21-9-10-23(22(26)17-21)34(32,33)29-24-12-15-27-19-28-24/h3-5,7-10,12,15,17,19H,6,11,13-14,16,18H2,1-2H3,(H,27,28,29)/t25-/m1/s1. The van der Waals surface area contributed by atoms with Crippen LogP contribution in [-0.4, -0.2) is 56.0 Å². The van der Waals surface area contributed by atoms with E-state index >= 15 is 4.39 Å². The number of sulfonamides is 1. The molecule has 0 aliphatic carbocycles. The van der Waals surface area contributed by atoms with Gasteiger partial charge in [-0.15, -0.1) is 0 Å². The normalized spacial score (nSPS) is 18.8. The van der Waals surface area contributed by atoms with Crippen LogP contribution in [-0.2, 0) is 16.4 Å². The van der Waals surface area contributed by atoms with Crippen molar-refractivity contribution in [2.24, 2.45) is 0 Å². The molecule has 180 valence electrons. The minimum atomic E-state index is -4.11. The number of anilines is 2. The molecule has 3 aromatic rings. The topological polar surface area (TPSA) is 78.4 Å². The molecule has 1 aliphatic heterocycles. The number of rotatable bonds is 8. The van der Waals surface area contributed by atoms with Crippen molar-refractivity contribution in [2.45, 2.75) is 36.1 Å². The maximum Gasteiger partial charge on any atom is 0.265 e. The maximum atomic E-state index is 15.0. The maximum absolute atomic E-state index is 15.0. The number of aromatic nitrogens is 2. The highest BCUT2D eigenvalue weighted by molar-refractivity contribution is 7.92. The van der Waals surface area contributed by atoms with Gasteiger partial charge in [-0.05, 0) is 69.6 Å². The highest BCUT2D eigenvalue weighted by Crippen LogP contribution is 2.34. The van der Waals surface area contributed by atoms with Gasteiger partial charge in [-0.3, -0.25) is 4.72 Å². The monoisotopic (exact) mass is 483 g/mol. The Morgan fingerprint density at radius 2 is 1.94 bits per heavy atom. The van der Waals surface area contributed by atoms with Crippen molar-refractivity contribution in [2.75, 3.05) is 36.8 Å². The van der Waals surface area contributed by atoms with Gasteiger partial charge in [0.05, 0.1) is 0 Å². The molecule has 7 nitrogen and oxygen atoms in total. The zero-order chi connectivity index (χ0) is 24.2. The van der Waals surface area contributed by atoms with Crippen molar-refractivity contribution in [3.63, 3.8) is 0 Å². The van der Waals surface area contributed by atoms with Crippen LogP contribution in [0.4, 0.5) is 15.9 Å². The number of benzene rings is 2. The molecule has 1 aromatic heterocycles. The summed E-state index contributed by atoms with van der Waals surface area (Å²) in [4.78, 5) is 11.6. The van der Waals surface area contributed by atoms with Gasteiger partial charge in [0.25, 0.3) is 10.0 Å². The van der Waals surface area contributed by atoms with Gasteiger partial charge >= 0.3 is 0 Å². The molecule has 0 unspecified atom stereocenters. The summed E-state index contributed by atoms with van der Waals surface area (Å²) in [6.07, 6.45) is 6.62. The number of aryl methyl sites for hydroxylation is 1. The van der Waals surface area contributed by atoms with Crippen molar-refractivity contribution in [3.8, 4) is 0 Å². The molecule has 2 aromatic carbocycles. The van der Waals surface area contributed by atoms with Gasteiger partial charge < -0.3 is 9.80 Å². The van der Waals surface area contributed by atoms with Gasteiger partial charge in [0.1, 0.15) is 22.9 Å². The van der Waals surface area contributed by atoms with Crippen LogP contribution < -0.4 is 9.62 Å². The first kappa shape index (κ1) is 24.1. The van der Waals surface area contributed by atoms with Gasteiger partial charge in [-0.25, -0.2) is 22.8 Å². The first-order valence-electron chi connectivity index (χ1n) is 11.3. The summed E-state index contributed by atoms with van der Waals surface area (Å²) in [5.41, 5.74) is 1.94. The fraction of sp³-hybridized carbons (Fsp3) is 0.360. The molecule has 1 saturated heterocycles. The van der Waals surface area contributed by atoms with Gasteiger partial charge in [0.2, 0.25) is 0 Å². The smallest absolute Gasteiger partial charge is 0.265 e. The van der Waals surface area contributed by atoms with E-state index in [1.807, 2.05) is 6.07 Å².